The molecule has 0 saturated carbocycles. The molecule has 0 saturated heterocycles. The normalized spacial score (nSPS) is 11.6. The molecule has 10 nitrogen and oxygen atoms in total. The summed E-state index contributed by atoms with van der Waals surface area (Å²) in [6.07, 6.45) is 7.52. The van der Waals surface area contributed by atoms with Gasteiger partial charge in [0.1, 0.15) is 22.1 Å². The van der Waals surface area contributed by atoms with Crippen LogP contribution in [0, 0.1) is 41.5 Å². The van der Waals surface area contributed by atoms with Gasteiger partial charge in [-0.2, -0.15) is 0 Å². The Morgan fingerprint density at radius 3 is 1.00 bits per heavy atom. The van der Waals surface area contributed by atoms with Crippen LogP contribution < -0.4 is 4.90 Å². The van der Waals surface area contributed by atoms with Gasteiger partial charge in [0.05, 0.1) is 39.1 Å². The summed E-state index contributed by atoms with van der Waals surface area (Å²) in [6, 6.07) is 50.6. The fraction of sp³-hybridized carbons (Fsp3) is 0.102. The van der Waals surface area contributed by atoms with E-state index >= 15 is 0 Å². The van der Waals surface area contributed by atoms with Gasteiger partial charge in [-0.05, 0) is 124 Å². The Labute approximate surface area is 399 Å². The maximum atomic E-state index is 5.37. The molecule has 0 bridgehead atoms. The Hall–Kier alpha value is -8.89. The minimum atomic E-state index is 0.518. The highest BCUT2D eigenvalue weighted by Crippen LogP contribution is 2.49. The minimum Gasteiger partial charge on any atom is -0.307 e. The van der Waals surface area contributed by atoms with Crippen molar-refractivity contribution in [2.75, 3.05) is 4.90 Å². The second-order valence-corrected chi connectivity index (χ2v) is 17.9. The Bertz CT molecular complexity index is 3580. The average molecular weight is 895 g/mol. The van der Waals surface area contributed by atoms with E-state index in [-0.39, 0.29) is 0 Å². The van der Waals surface area contributed by atoms with Crippen LogP contribution in [0.5, 0.6) is 0 Å². The lowest BCUT2D eigenvalue weighted by Crippen LogP contribution is -2.17. The number of hydrogen-bond acceptors (Lipinski definition) is 8. The van der Waals surface area contributed by atoms with E-state index in [1.807, 2.05) is 85.5 Å². The van der Waals surface area contributed by atoms with E-state index in [4.69, 9.17) is 34.9 Å². The van der Waals surface area contributed by atoms with E-state index in [0.29, 0.717) is 17.5 Å². The molecule has 7 heterocycles. The monoisotopic (exact) mass is 894 g/mol. The molecule has 0 atom stereocenters. The molecule has 5 aromatic carbocycles. The second kappa shape index (κ2) is 16.5. The Morgan fingerprint density at radius 1 is 0.348 bits per heavy atom. The Morgan fingerprint density at radius 2 is 0.667 bits per heavy atom. The van der Waals surface area contributed by atoms with Gasteiger partial charge in [-0.3, -0.25) is 19.9 Å². The second-order valence-electron chi connectivity index (χ2n) is 17.9. The summed E-state index contributed by atoms with van der Waals surface area (Å²) in [6.45, 7) is 12.9. The van der Waals surface area contributed by atoms with E-state index in [1.165, 1.54) is 0 Å². The van der Waals surface area contributed by atoms with Crippen LogP contribution in [0.25, 0.3) is 89.7 Å². The van der Waals surface area contributed by atoms with E-state index < -0.39 is 0 Å². The molecule has 10 heteroatoms. The maximum absolute atomic E-state index is 5.37. The lowest BCUT2D eigenvalue weighted by Gasteiger charge is -2.32. The highest BCUT2D eigenvalue weighted by Gasteiger charge is 2.31. The predicted octanol–water partition coefficient (Wildman–Crippen LogP) is 14.0. The maximum Gasteiger partial charge on any atom is 0.164 e. The molecular weight excluding hydrogens is 849 g/mol. The molecule has 0 aliphatic carbocycles. The van der Waals surface area contributed by atoms with Gasteiger partial charge in [0.2, 0.25) is 0 Å². The lowest BCUT2D eigenvalue weighted by atomic mass is 10.0. The standard InChI is InChI=1S/C59H46N10/c1-35-17-21-44(22-18-35)67(45-23-19-36(2)20-24-45)56-46(68-52-37(3)25-29-60-48(52)49-53(68)38(4)26-30-61-49)33-43(34-47(56)69-54-39(5)27-31-62-50(54)51-55(69)40(6)28-32-63-51)59-65-57(41-13-9-7-10-14-41)64-58(66-59)42-15-11-8-12-16-42/h7-34H,1-6H3. The first kappa shape index (κ1) is 41.5. The highest BCUT2D eigenvalue weighted by atomic mass is 15.2. The van der Waals surface area contributed by atoms with Crippen LogP contribution >= 0.6 is 0 Å². The van der Waals surface area contributed by atoms with Crippen LogP contribution in [-0.2, 0) is 0 Å². The third kappa shape index (κ3) is 6.90. The van der Waals surface area contributed by atoms with Crippen molar-refractivity contribution in [2.45, 2.75) is 41.5 Å². The number of anilines is 3. The summed E-state index contributed by atoms with van der Waals surface area (Å²) < 4.78 is 4.74. The van der Waals surface area contributed by atoms with Crippen LogP contribution in [-0.4, -0.2) is 44.0 Å². The molecule has 0 N–H and O–H groups in total. The number of aryl methyl sites for hydroxylation is 6. The lowest BCUT2D eigenvalue weighted by molar-refractivity contribution is 1.06. The number of fused-ring (bicyclic) bond motifs is 6. The summed E-state index contributed by atoms with van der Waals surface area (Å²) in [5, 5.41) is 0. The number of hydrogen-bond donors (Lipinski definition) is 0. The smallest absolute Gasteiger partial charge is 0.164 e. The van der Waals surface area contributed by atoms with Gasteiger partial charge < -0.3 is 14.0 Å². The topological polar surface area (TPSA) is 103 Å². The quantitative estimate of drug-likeness (QED) is 0.149. The van der Waals surface area contributed by atoms with Crippen LogP contribution in [0.15, 0.2) is 170 Å². The van der Waals surface area contributed by atoms with Crippen molar-refractivity contribution >= 4 is 61.2 Å². The molecule has 332 valence electrons. The van der Waals surface area contributed by atoms with Crippen LogP contribution in [0.3, 0.4) is 0 Å². The molecule has 0 unspecified atom stereocenters. The molecule has 0 aliphatic rings. The van der Waals surface area contributed by atoms with Gasteiger partial charge in [0, 0.05) is 52.9 Å². The van der Waals surface area contributed by atoms with E-state index in [0.717, 1.165) is 123 Å². The van der Waals surface area contributed by atoms with Crippen molar-refractivity contribution < 1.29 is 0 Å². The average Bonchev–Trinajstić information content (AvgIpc) is 3.92. The Balaban J connectivity index is 1.34. The molecule has 0 spiro atoms. The first-order valence-corrected chi connectivity index (χ1v) is 23.1. The van der Waals surface area contributed by atoms with Gasteiger partial charge in [-0.15, -0.1) is 0 Å². The molecule has 12 rings (SSSR count). The predicted molar refractivity (Wildman–Crippen MR) is 279 cm³/mol. The van der Waals surface area contributed by atoms with Gasteiger partial charge >= 0.3 is 0 Å². The molecular formula is C59H46N10. The molecule has 12 aromatic rings. The van der Waals surface area contributed by atoms with Crippen molar-refractivity contribution in [2.24, 2.45) is 0 Å². The summed E-state index contributed by atoms with van der Waals surface area (Å²) in [4.78, 5) is 38.5. The fourth-order valence-corrected chi connectivity index (χ4v) is 9.77. The molecule has 7 aromatic heterocycles. The van der Waals surface area contributed by atoms with Crippen molar-refractivity contribution in [1.82, 2.24) is 44.0 Å². The third-order valence-corrected chi connectivity index (χ3v) is 13.2. The van der Waals surface area contributed by atoms with Crippen LogP contribution in [0.4, 0.5) is 17.1 Å². The highest BCUT2D eigenvalue weighted by molar-refractivity contribution is 6.10. The zero-order chi connectivity index (χ0) is 46.9. The number of pyridine rings is 4. The minimum absolute atomic E-state index is 0.518. The SMILES string of the molecule is Cc1ccc(N(c2ccc(C)cc2)c2c(-n3c4c(C)ccnc4c4nccc(C)c43)cc(-c3nc(-c4ccccc4)nc(-c4ccccc4)n3)cc2-n2c3c(C)ccnc3c3nccc(C)c32)cc1. The number of benzene rings is 5. The van der Waals surface area contributed by atoms with E-state index in [9.17, 15) is 0 Å². The third-order valence-electron chi connectivity index (χ3n) is 13.2. The summed E-state index contributed by atoms with van der Waals surface area (Å²) in [7, 11) is 0. The number of rotatable bonds is 8. The first-order chi connectivity index (χ1) is 33.7. The van der Waals surface area contributed by atoms with Crippen molar-refractivity contribution in [3.63, 3.8) is 0 Å². The number of aromatic nitrogens is 9. The van der Waals surface area contributed by atoms with Crippen molar-refractivity contribution in [3.8, 4) is 45.5 Å². The van der Waals surface area contributed by atoms with Gasteiger partial charge in [-0.1, -0.05) is 96.1 Å². The van der Waals surface area contributed by atoms with Crippen molar-refractivity contribution in [1.29, 1.82) is 0 Å². The summed E-state index contributed by atoms with van der Waals surface area (Å²) in [5.74, 6) is 1.66. The van der Waals surface area contributed by atoms with Crippen LogP contribution in [0.2, 0.25) is 0 Å². The molecule has 0 radical (unpaired) electrons. The van der Waals surface area contributed by atoms with Crippen molar-refractivity contribution in [3.05, 3.63) is 204 Å². The largest absolute Gasteiger partial charge is 0.307 e. The summed E-state index contributed by atoms with van der Waals surface area (Å²) in [5.41, 5.74) is 20.8. The molecule has 0 aliphatic heterocycles. The zero-order valence-electron chi connectivity index (χ0n) is 39.1. The Kier molecular flexibility index (Phi) is 9.91. The summed E-state index contributed by atoms with van der Waals surface area (Å²) >= 11 is 0. The molecule has 0 fully saturated rings. The van der Waals surface area contributed by atoms with Gasteiger partial charge in [0.25, 0.3) is 0 Å². The van der Waals surface area contributed by atoms with E-state index in [1.54, 1.807) is 0 Å². The molecule has 69 heavy (non-hydrogen) atoms. The molecule has 0 amide bonds. The zero-order valence-corrected chi connectivity index (χ0v) is 39.1. The fourth-order valence-electron chi connectivity index (χ4n) is 9.77. The number of nitrogens with zero attached hydrogens (tertiary/aromatic N) is 10. The van der Waals surface area contributed by atoms with Gasteiger partial charge in [-0.25, -0.2) is 15.0 Å². The first-order valence-electron chi connectivity index (χ1n) is 23.1. The van der Waals surface area contributed by atoms with Gasteiger partial charge in [0.15, 0.2) is 17.5 Å². The van der Waals surface area contributed by atoms with E-state index in [2.05, 4.69) is 141 Å². The van der Waals surface area contributed by atoms with Crippen LogP contribution in [0.1, 0.15) is 33.4 Å².